The minimum absolute atomic E-state index is 0.120. The summed E-state index contributed by atoms with van der Waals surface area (Å²) in [5, 5.41) is 7.87. The molecule has 5 nitrogen and oxygen atoms in total. The molecule has 2 heterocycles. The van der Waals surface area contributed by atoms with Gasteiger partial charge in [0.05, 0.1) is 5.69 Å². The highest BCUT2D eigenvalue weighted by Crippen LogP contribution is 2.06. The third-order valence-electron chi connectivity index (χ3n) is 3.07. The lowest BCUT2D eigenvalue weighted by Crippen LogP contribution is -2.35. The van der Waals surface area contributed by atoms with Crippen LogP contribution in [0.4, 0.5) is 0 Å². The first-order valence-electron chi connectivity index (χ1n) is 6.67. The van der Waals surface area contributed by atoms with E-state index >= 15 is 0 Å². The van der Waals surface area contributed by atoms with E-state index in [4.69, 9.17) is 0 Å². The number of imidazole rings is 1. The second kappa shape index (κ2) is 5.57. The molecule has 19 heavy (non-hydrogen) atoms. The molecule has 0 spiro atoms. The first-order chi connectivity index (χ1) is 8.96. The van der Waals surface area contributed by atoms with Crippen LogP contribution in [0.5, 0.6) is 0 Å². The van der Waals surface area contributed by atoms with Gasteiger partial charge >= 0.3 is 0 Å². The Bertz CT molecular complexity index is 518. The quantitative estimate of drug-likeness (QED) is 0.892. The number of hydrogen-bond acceptors (Lipinski definition) is 3. The molecule has 0 radical (unpaired) electrons. The second-order valence-corrected chi connectivity index (χ2v) is 5.85. The van der Waals surface area contributed by atoms with E-state index in [9.17, 15) is 0 Å². The molecular weight excluding hydrogens is 238 g/mol. The Hall–Kier alpha value is -1.62. The van der Waals surface area contributed by atoms with Crippen molar-refractivity contribution in [2.75, 3.05) is 0 Å². The van der Waals surface area contributed by atoms with Crippen LogP contribution in [0.15, 0.2) is 24.7 Å². The van der Waals surface area contributed by atoms with Gasteiger partial charge in [-0.3, -0.25) is 4.68 Å². The fraction of sp³-hybridized carbons (Fsp3) is 0.571. The molecule has 0 aliphatic heterocycles. The molecule has 5 heteroatoms. The summed E-state index contributed by atoms with van der Waals surface area (Å²) in [6.45, 7) is 8.20. The van der Waals surface area contributed by atoms with Crippen LogP contribution in [0.3, 0.4) is 0 Å². The molecule has 0 unspecified atom stereocenters. The first-order valence-corrected chi connectivity index (χ1v) is 6.67. The summed E-state index contributed by atoms with van der Waals surface area (Å²) in [7, 11) is 2.02. The van der Waals surface area contributed by atoms with E-state index in [1.807, 2.05) is 30.3 Å². The number of nitrogens with one attached hydrogen (secondary N) is 1. The molecule has 0 amide bonds. The summed E-state index contributed by atoms with van der Waals surface area (Å²) in [6, 6.07) is 2.07. The van der Waals surface area contributed by atoms with Crippen molar-refractivity contribution in [3.05, 3.63) is 36.2 Å². The standard InChI is InChI=1S/C14H23N5/c1-14(2,3)16-11-12-5-7-17-19(12)9-6-13-15-8-10-18(13)4/h5,7-8,10,16H,6,9,11H2,1-4H3. The van der Waals surface area contributed by atoms with Crippen LogP contribution >= 0.6 is 0 Å². The van der Waals surface area contributed by atoms with Crippen LogP contribution in [0, 0.1) is 0 Å². The van der Waals surface area contributed by atoms with E-state index in [2.05, 4.69) is 46.8 Å². The molecule has 2 aromatic heterocycles. The van der Waals surface area contributed by atoms with Crippen molar-refractivity contribution < 1.29 is 0 Å². The number of aryl methyl sites for hydroxylation is 3. The van der Waals surface area contributed by atoms with Crippen molar-refractivity contribution in [2.45, 2.75) is 45.8 Å². The molecule has 2 aromatic rings. The minimum atomic E-state index is 0.120. The predicted octanol–water partition coefficient (Wildman–Crippen LogP) is 1.75. The van der Waals surface area contributed by atoms with Crippen molar-refractivity contribution in [1.82, 2.24) is 24.6 Å². The molecule has 0 saturated carbocycles. The monoisotopic (exact) mass is 261 g/mol. The van der Waals surface area contributed by atoms with Gasteiger partial charge in [0.2, 0.25) is 0 Å². The van der Waals surface area contributed by atoms with Crippen molar-refractivity contribution in [3.63, 3.8) is 0 Å². The van der Waals surface area contributed by atoms with Crippen LogP contribution in [0.25, 0.3) is 0 Å². The maximum Gasteiger partial charge on any atom is 0.110 e. The van der Waals surface area contributed by atoms with Crippen molar-refractivity contribution in [3.8, 4) is 0 Å². The van der Waals surface area contributed by atoms with Crippen molar-refractivity contribution in [1.29, 1.82) is 0 Å². The second-order valence-electron chi connectivity index (χ2n) is 5.85. The largest absolute Gasteiger partial charge is 0.338 e. The van der Waals surface area contributed by atoms with Gasteiger partial charge in [0.1, 0.15) is 5.82 Å². The van der Waals surface area contributed by atoms with Crippen LogP contribution in [0.2, 0.25) is 0 Å². The summed E-state index contributed by atoms with van der Waals surface area (Å²) in [5.74, 6) is 1.09. The zero-order valence-electron chi connectivity index (χ0n) is 12.2. The molecule has 0 aliphatic carbocycles. The molecule has 0 aliphatic rings. The van der Waals surface area contributed by atoms with Gasteiger partial charge in [0, 0.05) is 50.7 Å². The van der Waals surface area contributed by atoms with E-state index in [-0.39, 0.29) is 5.54 Å². The Morgan fingerprint density at radius 2 is 2.05 bits per heavy atom. The molecule has 0 atom stereocenters. The van der Waals surface area contributed by atoms with Gasteiger partial charge in [-0.1, -0.05) is 0 Å². The average molecular weight is 261 g/mol. The Balaban J connectivity index is 1.94. The Labute approximate surface area is 114 Å². The normalized spacial score (nSPS) is 12.0. The third-order valence-corrected chi connectivity index (χ3v) is 3.07. The smallest absolute Gasteiger partial charge is 0.110 e. The van der Waals surface area contributed by atoms with Crippen LogP contribution in [-0.4, -0.2) is 24.9 Å². The number of rotatable bonds is 5. The summed E-state index contributed by atoms with van der Waals surface area (Å²) in [4.78, 5) is 4.34. The molecule has 0 bridgehead atoms. The number of nitrogens with zero attached hydrogens (tertiary/aromatic N) is 4. The fourth-order valence-electron chi connectivity index (χ4n) is 1.91. The minimum Gasteiger partial charge on any atom is -0.338 e. The predicted molar refractivity (Wildman–Crippen MR) is 75.7 cm³/mol. The highest BCUT2D eigenvalue weighted by molar-refractivity contribution is 5.01. The van der Waals surface area contributed by atoms with E-state index in [0.717, 1.165) is 25.3 Å². The van der Waals surface area contributed by atoms with Gasteiger partial charge < -0.3 is 9.88 Å². The molecule has 0 fully saturated rings. The number of aromatic nitrogens is 4. The average Bonchev–Trinajstić information content (AvgIpc) is 2.91. The van der Waals surface area contributed by atoms with Gasteiger partial charge in [-0.05, 0) is 26.8 Å². The van der Waals surface area contributed by atoms with Gasteiger partial charge in [-0.15, -0.1) is 0 Å². The molecule has 0 aromatic carbocycles. The summed E-state index contributed by atoms with van der Waals surface area (Å²) in [6.07, 6.45) is 6.56. The van der Waals surface area contributed by atoms with Gasteiger partial charge in [-0.2, -0.15) is 5.10 Å². The van der Waals surface area contributed by atoms with E-state index in [1.165, 1.54) is 5.69 Å². The third kappa shape index (κ3) is 3.92. The zero-order chi connectivity index (χ0) is 13.9. The fourth-order valence-corrected chi connectivity index (χ4v) is 1.91. The van der Waals surface area contributed by atoms with E-state index in [1.54, 1.807) is 0 Å². The van der Waals surface area contributed by atoms with Crippen molar-refractivity contribution >= 4 is 0 Å². The highest BCUT2D eigenvalue weighted by Gasteiger charge is 2.11. The molecule has 1 N–H and O–H groups in total. The topological polar surface area (TPSA) is 47.7 Å². The van der Waals surface area contributed by atoms with Crippen LogP contribution in [-0.2, 0) is 26.6 Å². The van der Waals surface area contributed by atoms with Crippen LogP contribution < -0.4 is 5.32 Å². The van der Waals surface area contributed by atoms with Crippen molar-refractivity contribution in [2.24, 2.45) is 7.05 Å². The van der Waals surface area contributed by atoms with Crippen LogP contribution in [0.1, 0.15) is 32.3 Å². The highest BCUT2D eigenvalue weighted by atomic mass is 15.3. The van der Waals surface area contributed by atoms with Gasteiger partial charge in [-0.25, -0.2) is 4.98 Å². The zero-order valence-corrected chi connectivity index (χ0v) is 12.2. The lowest BCUT2D eigenvalue weighted by atomic mass is 10.1. The lowest BCUT2D eigenvalue weighted by Gasteiger charge is -2.20. The molecular formula is C14H23N5. The maximum atomic E-state index is 4.39. The SMILES string of the molecule is Cn1ccnc1CCn1nccc1CNC(C)(C)C. The molecule has 2 rings (SSSR count). The van der Waals surface area contributed by atoms with E-state index < -0.39 is 0 Å². The summed E-state index contributed by atoms with van der Waals surface area (Å²) < 4.78 is 4.10. The van der Waals surface area contributed by atoms with Gasteiger partial charge in [0.25, 0.3) is 0 Å². The van der Waals surface area contributed by atoms with Gasteiger partial charge in [0.15, 0.2) is 0 Å². The summed E-state index contributed by atoms with van der Waals surface area (Å²) >= 11 is 0. The first kappa shape index (κ1) is 13.8. The summed E-state index contributed by atoms with van der Waals surface area (Å²) in [5.41, 5.74) is 1.33. The Morgan fingerprint density at radius 3 is 2.68 bits per heavy atom. The lowest BCUT2D eigenvalue weighted by molar-refractivity contribution is 0.411. The number of hydrogen-bond donors (Lipinski definition) is 1. The maximum absolute atomic E-state index is 4.39. The Morgan fingerprint density at radius 1 is 1.26 bits per heavy atom. The van der Waals surface area contributed by atoms with E-state index in [0.29, 0.717) is 0 Å². The Kier molecular flexibility index (Phi) is 4.04. The molecule has 104 valence electrons. The molecule has 0 saturated heterocycles.